The van der Waals surface area contributed by atoms with Crippen LogP contribution >= 0.6 is 11.6 Å². The summed E-state index contributed by atoms with van der Waals surface area (Å²) in [7, 11) is 0. The van der Waals surface area contributed by atoms with Gasteiger partial charge in [0, 0.05) is 25.4 Å². The monoisotopic (exact) mass is 253 g/mol. The van der Waals surface area contributed by atoms with Crippen LogP contribution in [0.3, 0.4) is 0 Å². The van der Waals surface area contributed by atoms with Crippen LogP contribution in [0, 0.1) is 0 Å². The second kappa shape index (κ2) is 5.49. The number of halogens is 1. The highest BCUT2D eigenvalue weighted by Crippen LogP contribution is 2.11. The molecule has 2 aromatic heterocycles. The predicted octanol–water partition coefficient (Wildman–Crippen LogP) is 1.19. The summed E-state index contributed by atoms with van der Waals surface area (Å²) in [6.07, 6.45) is 6.54. The summed E-state index contributed by atoms with van der Waals surface area (Å²) in [4.78, 5) is 24.7. The maximum Gasteiger partial charge on any atom is 0.271 e. The zero-order chi connectivity index (χ0) is 12.1. The predicted molar refractivity (Wildman–Crippen MR) is 65.3 cm³/mol. The van der Waals surface area contributed by atoms with E-state index >= 15 is 0 Å². The maximum absolute atomic E-state index is 11.2. The molecule has 0 spiro atoms. The first-order valence-electron chi connectivity index (χ1n) is 5.22. The Morgan fingerprint density at radius 1 is 1.35 bits per heavy atom. The molecule has 0 fully saturated rings. The molecule has 0 aliphatic rings. The first-order valence-corrected chi connectivity index (χ1v) is 5.60. The normalized spacial score (nSPS) is 10.4. The van der Waals surface area contributed by atoms with Crippen molar-refractivity contribution in [3.63, 3.8) is 0 Å². The third-order valence-corrected chi connectivity index (χ3v) is 2.58. The Hall–Kier alpha value is -1.82. The van der Waals surface area contributed by atoms with Crippen LogP contribution in [0.2, 0.25) is 5.02 Å². The molecule has 0 aliphatic carbocycles. The quantitative estimate of drug-likeness (QED) is 0.699. The van der Waals surface area contributed by atoms with Crippen LogP contribution < -0.4 is 10.9 Å². The molecule has 0 aliphatic heterocycles. The van der Waals surface area contributed by atoms with Gasteiger partial charge >= 0.3 is 0 Å². The molecule has 6 nitrogen and oxygen atoms in total. The molecule has 0 saturated carbocycles. The molecule has 0 bridgehead atoms. The van der Waals surface area contributed by atoms with Gasteiger partial charge in [-0.3, -0.25) is 4.79 Å². The molecule has 0 unspecified atom stereocenters. The van der Waals surface area contributed by atoms with E-state index < -0.39 is 0 Å². The van der Waals surface area contributed by atoms with Gasteiger partial charge in [0.1, 0.15) is 10.8 Å². The van der Waals surface area contributed by atoms with Crippen molar-refractivity contribution in [2.75, 3.05) is 11.9 Å². The van der Waals surface area contributed by atoms with Gasteiger partial charge in [-0.05, 0) is 6.42 Å². The van der Waals surface area contributed by atoms with Gasteiger partial charge in [0.25, 0.3) is 5.56 Å². The summed E-state index contributed by atoms with van der Waals surface area (Å²) in [5, 5.41) is 3.10. The first-order chi connectivity index (χ1) is 8.27. The fraction of sp³-hybridized carbons (Fsp3) is 0.300. The Bertz CT molecular complexity index is 522. The number of nitrogens with zero attached hydrogens (tertiary/aromatic N) is 2. The van der Waals surface area contributed by atoms with Crippen molar-refractivity contribution < 1.29 is 0 Å². The van der Waals surface area contributed by atoms with Gasteiger partial charge < -0.3 is 15.3 Å². The van der Waals surface area contributed by atoms with E-state index in [4.69, 9.17) is 11.6 Å². The van der Waals surface area contributed by atoms with Crippen LogP contribution in [-0.4, -0.2) is 26.5 Å². The van der Waals surface area contributed by atoms with Crippen molar-refractivity contribution in [2.24, 2.45) is 0 Å². The lowest BCUT2D eigenvalue weighted by Crippen LogP contribution is -2.13. The number of anilines is 1. The van der Waals surface area contributed by atoms with E-state index in [0.29, 0.717) is 12.4 Å². The van der Waals surface area contributed by atoms with Crippen LogP contribution in [-0.2, 0) is 6.42 Å². The van der Waals surface area contributed by atoms with Crippen molar-refractivity contribution in [1.29, 1.82) is 0 Å². The van der Waals surface area contributed by atoms with E-state index in [9.17, 15) is 4.79 Å². The summed E-state index contributed by atoms with van der Waals surface area (Å²) in [5.41, 5.74) is -0.338. The first kappa shape index (κ1) is 11.7. The Morgan fingerprint density at radius 3 is 3.00 bits per heavy atom. The molecule has 0 amide bonds. The van der Waals surface area contributed by atoms with Crippen molar-refractivity contribution >= 4 is 17.4 Å². The lowest BCUT2D eigenvalue weighted by molar-refractivity contribution is 0.813. The summed E-state index contributed by atoms with van der Waals surface area (Å²) < 4.78 is 0. The van der Waals surface area contributed by atoms with Gasteiger partial charge in [-0.1, -0.05) is 11.6 Å². The molecule has 0 radical (unpaired) electrons. The van der Waals surface area contributed by atoms with Crippen LogP contribution in [0.25, 0.3) is 0 Å². The number of rotatable bonds is 5. The summed E-state index contributed by atoms with van der Waals surface area (Å²) >= 11 is 5.78. The van der Waals surface area contributed by atoms with Gasteiger partial charge in [0.15, 0.2) is 5.82 Å². The summed E-state index contributed by atoms with van der Waals surface area (Å²) in [5.74, 6) is 1.35. The van der Waals surface area contributed by atoms with E-state index in [1.54, 1.807) is 12.4 Å². The van der Waals surface area contributed by atoms with Gasteiger partial charge in [-0.2, -0.15) is 0 Å². The standard InChI is InChI=1S/C10H12ClN5O/c11-8-9(15-6-16-10(8)17)14-3-1-2-7-12-4-5-13-7/h4-6H,1-3H2,(H,12,13)(H2,14,15,16,17). The molecule has 2 heterocycles. The molecule has 0 atom stereocenters. The number of hydrogen-bond donors (Lipinski definition) is 3. The second-order valence-corrected chi connectivity index (χ2v) is 3.84. The lowest BCUT2D eigenvalue weighted by Gasteiger charge is -2.05. The lowest BCUT2D eigenvalue weighted by atomic mass is 10.3. The smallest absolute Gasteiger partial charge is 0.271 e. The maximum atomic E-state index is 11.2. The van der Waals surface area contributed by atoms with Gasteiger partial charge in [0.2, 0.25) is 0 Å². The molecule has 2 aromatic rings. The average molecular weight is 254 g/mol. The molecule has 17 heavy (non-hydrogen) atoms. The van der Waals surface area contributed by atoms with E-state index in [-0.39, 0.29) is 10.6 Å². The van der Waals surface area contributed by atoms with Gasteiger partial charge in [-0.15, -0.1) is 0 Å². The third kappa shape index (κ3) is 3.07. The summed E-state index contributed by atoms with van der Waals surface area (Å²) in [6.45, 7) is 0.677. The molecule has 3 N–H and O–H groups in total. The SMILES string of the molecule is O=c1[nH]cnc(NCCCc2ncc[nH]2)c1Cl. The number of aromatic amines is 2. The Kier molecular flexibility index (Phi) is 3.77. The molecular formula is C10H12ClN5O. The van der Waals surface area contributed by atoms with Crippen LogP contribution in [0.5, 0.6) is 0 Å². The van der Waals surface area contributed by atoms with Gasteiger partial charge in [-0.25, -0.2) is 9.97 Å². The number of nitrogens with one attached hydrogen (secondary N) is 3. The van der Waals surface area contributed by atoms with E-state index in [0.717, 1.165) is 18.7 Å². The minimum absolute atomic E-state index is 0.0884. The number of aryl methyl sites for hydroxylation is 1. The number of aromatic nitrogens is 4. The van der Waals surface area contributed by atoms with Gasteiger partial charge in [0.05, 0.1) is 6.33 Å². The largest absolute Gasteiger partial charge is 0.369 e. The van der Waals surface area contributed by atoms with Crippen molar-refractivity contribution in [1.82, 2.24) is 19.9 Å². The van der Waals surface area contributed by atoms with E-state index in [1.807, 2.05) is 0 Å². The topological polar surface area (TPSA) is 86.5 Å². The van der Waals surface area contributed by atoms with Crippen molar-refractivity contribution in [2.45, 2.75) is 12.8 Å². The zero-order valence-electron chi connectivity index (χ0n) is 9.03. The third-order valence-electron chi connectivity index (χ3n) is 2.23. The average Bonchev–Trinajstić information content (AvgIpc) is 2.83. The Labute approximate surface area is 102 Å². The van der Waals surface area contributed by atoms with Crippen LogP contribution in [0.1, 0.15) is 12.2 Å². The second-order valence-electron chi connectivity index (χ2n) is 3.46. The fourth-order valence-electron chi connectivity index (χ4n) is 1.40. The molecule has 90 valence electrons. The molecule has 7 heteroatoms. The zero-order valence-corrected chi connectivity index (χ0v) is 9.79. The minimum atomic E-state index is -0.338. The summed E-state index contributed by atoms with van der Waals surface area (Å²) in [6, 6.07) is 0. The molecular weight excluding hydrogens is 242 g/mol. The molecule has 2 rings (SSSR count). The minimum Gasteiger partial charge on any atom is -0.369 e. The fourth-order valence-corrected chi connectivity index (χ4v) is 1.57. The van der Waals surface area contributed by atoms with Crippen LogP contribution in [0.4, 0.5) is 5.82 Å². The van der Waals surface area contributed by atoms with Crippen LogP contribution in [0.15, 0.2) is 23.5 Å². The highest BCUT2D eigenvalue weighted by Gasteiger charge is 2.04. The highest BCUT2D eigenvalue weighted by atomic mass is 35.5. The van der Waals surface area contributed by atoms with E-state index in [2.05, 4.69) is 25.3 Å². The number of hydrogen-bond acceptors (Lipinski definition) is 4. The molecule has 0 saturated heterocycles. The number of imidazole rings is 1. The van der Waals surface area contributed by atoms with Crippen molar-refractivity contribution in [3.8, 4) is 0 Å². The number of H-pyrrole nitrogens is 2. The van der Waals surface area contributed by atoms with E-state index in [1.165, 1.54) is 6.33 Å². The Balaban J connectivity index is 1.82. The molecule has 0 aromatic carbocycles. The van der Waals surface area contributed by atoms with Crippen molar-refractivity contribution in [3.05, 3.63) is 39.9 Å². The Morgan fingerprint density at radius 2 is 2.24 bits per heavy atom. The highest BCUT2D eigenvalue weighted by molar-refractivity contribution is 6.32.